The quantitative estimate of drug-likeness (QED) is 0.0622. The van der Waals surface area contributed by atoms with Crippen molar-refractivity contribution in [3.8, 4) is 0 Å². The number of rotatable bonds is 12. The second-order valence-electron chi connectivity index (χ2n) is 23.0. The van der Waals surface area contributed by atoms with E-state index in [1.807, 2.05) is 50.4 Å². The average molecular weight is 1280 g/mol. The van der Waals surface area contributed by atoms with Crippen LogP contribution in [0.5, 0.6) is 0 Å². The first-order valence-corrected chi connectivity index (χ1v) is 31.5. The number of fused-ring (bicyclic) bond motifs is 6. The summed E-state index contributed by atoms with van der Waals surface area (Å²) >= 11 is 3.11. The Labute approximate surface area is 538 Å². The maximum Gasteiger partial charge on any atom is 0.246 e. The van der Waals surface area contributed by atoms with Gasteiger partial charge in [0.2, 0.25) is 35.4 Å². The third-order valence-corrected chi connectivity index (χ3v) is 18.9. The van der Waals surface area contributed by atoms with Crippen molar-refractivity contribution in [2.24, 2.45) is 17.2 Å². The Hall–Kier alpha value is -9.65. The topological polar surface area (TPSA) is 278 Å². The number of nitrogens with zero attached hydrogens (tertiary/aromatic N) is 6. The monoisotopic (exact) mass is 1280 g/mol. The second kappa shape index (κ2) is 28.7. The number of nitrogens with one attached hydrogen (secondary N) is 3. The molecule has 19 nitrogen and oxygen atoms in total. The zero-order valence-electron chi connectivity index (χ0n) is 51.6. The molecule has 0 unspecified atom stereocenters. The van der Waals surface area contributed by atoms with E-state index in [0.29, 0.717) is 96.1 Å². The number of furan rings is 1. The molecule has 474 valence electrons. The molecule has 6 aromatic heterocycles. The molecule has 0 bridgehead atoms. The van der Waals surface area contributed by atoms with Crippen molar-refractivity contribution in [1.82, 2.24) is 29.7 Å². The molecule has 12 rings (SSSR count). The zero-order chi connectivity index (χ0) is 65.5. The minimum Gasteiger partial charge on any atom is -0.459 e. The van der Waals surface area contributed by atoms with E-state index in [2.05, 4.69) is 50.0 Å². The lowest BCUT2D eigenvalue weighted by molar-refractivity contribution is -0.126. The molecule has 0 aliphatic carbocycles. The van der Waals surface area contributed by atoms with Crippen LogP contribution in [0, 0.1) is 32.4 Å². The summed E-state index contributed by atoms with van der Waals surface area (Å²) in [5.74, 6) is 0.387. The Morgan fingerprint density at radius 2 is 0.967 bits per heavy atom. The minimum atomic E-state index is -0.557. The van der Waals surface area contributed by atoms with Gasteiger partial charge in [0.05, 0.1) is 47.8 Å². The largest absolute Gasteiger partial charge is 0.459 e. The highest BCUT2D eigenvalue weighted by Gasteiger charge is 2.25. The zero-order valence-corrected chi connectivity index (χ0v) is 53.3. The summed E-state index contributed by atoms with van der Waals surface area (Å²) in [5, 5.41) is 10.8. The van der Waals surface area contributed by atoms with Gasteiger partial charge >= 0.3 is 0 Å². The Balaban J connectivity index is 0.000000151. The van der Waals surface area contributed by atoms with Crippen LogP contribution in [-0.4, -0.2) is 104 Å². The molecule has 9 aromatic rings. The van der Waals surface area contributed by atoms with Gasteiger partial charge in [-0.3, -0.25) is 28.8 Å². The lowest BCUT2D eigenvalue weighted by atomic mass is 10.1. The molecule has 3 atom stereocenters. The summed E-state index contributed by atoms with van der Waals surface area (Å²) in [6.45, 7) is 7.03. The summed E-state index contributed by atoms with van der Waals surface area (Å²) in [6, 6.07) is 22.2. The number of aryl methyl sites for hydroxylation is 6. The molecule has 3 aromatic carbocycles. The first-order chi connectivity index (χ1) is 44.1. The van der Waals surface area contributed by atoms with E-state index in [9.17, 15) is 37.5 Å². The van der Waals surface area contributed by atoms with Gasteiger partial charge in [0, 0.05) is 78.0 Å². The maximum atomic E-state index is 14.1. The van der Waals surface area contributed by atoms with Crippen molar-refractivity contribution >= 4 is 125 Å². The number of pyridine rings is 3. The lowest BCUT2D eigenvalue weighted by Crippen LogP contribution is -2.34. The van der Waals surface area contributed by atoms with Crippen molar-refractivity contribution in [2.75, 3.05) is 37.1 Å². The van der Waals surface area contributed by atoms with Crippen LogP contribution in [-0.2, 0) is 67.7 Å². The molecule has 3 aliphatic rings. The number of likely N-dealkylation sites (N-methyl/N-ethyl adjacent to an activating group) is 3. The van der Waals surface area contributed by atoms with Gasteiger partial charge in [-0.25, -0.2) is 23.7 Å². The molecule has 0 spiro atoms. The fourth-order valence-corrected chi connectivity index (χ4v) is 13.3. The average Bonchev–Trinajstić information content (AvgIpc) is 1.69. The number of benzene rings is 3. The predicted octanol–water partition coefficient (Wildman–Crippen LogP) is 10.3. The highest BCUT2D eigenvalue weighted by molar-refractivity contribution is 7.19. The van der Waals surface area contributed by atoms with Gasteiger partial charge in [0.1, 0.15) is 40.4 Å². The number of amides is 6. The first-order valence-electron chi connectivity index (χ1n) is 29.8. The summed E-state index contributed by atoms with van der Waals surface area (Å²) in [5.41, 5.74) is 25.9. The summed E-state index contributed by atoms with van der Waals surface area (Å²) in [4.78, 5) is 93.2. The van der Waals surface area contributed by atoms with Gasteiger partial charge in [-0.05, 0) is 175 Å². The Kier molecular flexibility index (Phi) is 20.4. The molecule has 3 aliphatic heterocycles. The van der Waals surface area contributed by atoms with E-state index >= 15 is 0 Å². The standard InChI is InChI=1S/C23H23FN4O3.C23H23FN4O2S.C23H24N4O2S/c1-13-19(31-18-5-3-4-16(24)21(13)18)12-28(2)20(29)9-6-14-10-15-7-8-17(25)23(30)27-22(15)26-11-14;1-13-16-4-3-5-17(24)21(16)31-19(13)12-28(2)20(29)9-6-14-10-15-7-8-18(25)23(30)27-22(15)26-11-14;1-14-17-5-3-4-6-19(17)30-20(14)13-27(2)21(28)10-7-15-11-16-8-9-18(24)23(29)26-22(16)25-12-15/h3-6,9-11,17H,7-8,12,25H2,1-2H3,(H,26,27,30);3-6,9-11,18H,7-8,12,25H2,1-2H3,(H,26,27,30);3-7,10-12,18H,8-9,13,24H2,1-2H3,(H,25,26,29)/b2*9-6+;10-7+/t17-;2*18-/m000/s1. The van der Waals surface area contributed by atoms with E-state index in [4.69, 9.17) is 21.6 Å². The van der Waals surface area contributed by atoms with Gasteiger partial charge in [0.25, 0.3) is 0 Å². The molecular formula is C69H70F2N12O7S2. The minimum absolute atomic E-state index is 0.0721. The molecule has 23 heteroatoms. The number of carbonyl (C=O) groups is 6. The maximum absolute atomic E-state index is 14.1. The Morgan fingerprint density at radius 3 is 1.42 bits per heavy atom. The van der Waals surface area contributed by atoms with Crippen LogP contribution in [0.15, 0.2) is 120 Å². The SMILES string of the molecule is Cc1c(CN(C)C(=O)/C=C/c2cnc3c(c2)CC[C@H](N)C(=O)N3)oc2cccc(F)c12.Cc1c(CN(C)C(=O)/C=C/c2cnc3c(c2)CC[C@H](N)C(=O)N3)sc2c(F)cccc12.Cc1c(CN(C)C(=O)/C=C/c2cnc3c(c2)CC[C@H](N)C(=O)N3)sc2ccccc12. The molecular weight excluding hydrogens is 1210 g/mol. The number of halogens is 2. The van der Waals surface area contributed by atoms with E-state index in [1.165, 1.54) is 61.0 Å². The fourth-order valence-electron chi connectivity index (χ4n) is 10.7. The number of aromatic nitrogens is 3. The summed E-state index contributed by atoms with van der Waals surface area (Å²) in [6.07, 6.45) is 18.1. The molecule has 0 saturated heterocycles. The highest BCUT2D eigenvalue weighted by Crippen LogP contribution is 2.35. The van der Waals surface area contributed by atoms with Gasteiger partial charge in [-0.1, -0.05) is 36.4 Å². The molecule has 9 heterocycles. The molecule has 6 amide bonds. The Bertz CT molecular complexity index is 4340. The van der Waals surface area contributed by atoms with Crippen LogP contribution < -0.4 is 33.2 Å². The van der Waals surface area contributed by atoms with E-state index in [-0.39, 0.29) is 53.6 Å². The molecule has 0 radical (unpaired) electrons. The lowest BCUT2D eigenvalue weighted by Gasteiger charge is -2.14. The van der Waals surface area contributed by atoms with Crippen molar-refractivity contribution in [3.05, 3.63) is 193 Å². The van der Waals surface area contributed by atoms with E-state index in [0.717, 1.165) is 49.2 Å². The predicted molar refractivity (Wildman–Crippen MR) is 358 cm³/mol. The van der Waals surface area contributed by atoms with Gasteiger partial charge in [-0.15, -0.1) is 22.7 Å². The Morgan fingerprint density at radius 1 is 0.554 bits per heavy atom. The highest BCUT2D eigenvalue weighted by atomic mass is 32.1. The number of thiophene rings is 2. The van der Waals surface area contributed by atoms with Gasteiger partial charge < -0.3 is 52.3 Å². The number of nitrogens with two attached hydrogens (primary N) is 3. The van der Waals surface area contributed by atoms with Crippen molar-refractivity contribution in [3.63, 3.8) is 0 Å². The van der Waals surface area contributed by atoms with Crippen LogP contribution in [0.1, 0.15) is 84.8 Å². The van der Waals surface area contributed by atoms with Crippen LogP contribution >= 0.6 is 22.7 Å². The third-order valence-electron chi connectivity index (χ3n) is 16.4. The summed E-state index contributed by atoms with van der Waals surface area (Å²) in [7, 11) is 5.18. The van der Waals surface area contributed by atoms with Crippen LogP contribution in [0.4, 0.5) is 26.2 Å². The summed E-state index contributed by atoms with van der Waals surface area (Å²) < 4.78 is 35.7. The molecule has 9 N–H and O–H groups in total. The normalized spacial score (nSPS) is 16.3. The number of hydrogen-bond acceptors (Lipinski definition) is 15. The van der Waals surface area contributed by atoms with Gasteiger partial charge in [0.15, 0.2) is 0 Å². The molecule has 92 heavy (non-hydrogen) atoms. The number of anilines is 3. The van der Waals surface area contributed by atoms with Crippen molar-refractivity contribution in [1.29, 1.82) is 0 Å². The van der Waals surface area contributed by atoms with E-state index < -0.39 is 18.1 Å². The van der Waals surface area contributed by atoms with Crippen LogP contribution in [0.3, 0.4) is 0 Å². The van der Waals surface area contributed by atoms with Crippen LogP contribution in [0.25, 0.3) is 49.4 Å². The van der Waals surface area contributed by atoms with Crippen molar-refractivity contribution in [2.45, 2.75) is 97.1 Å². The smallest absolute Gasteiger partial charge is 0.246 e. The third kappa shape index (κ3) is 15.2. The first kappa shape index (κ1) is 65.3. The molecule has 0 fully saturated rings. The fraction of sp³-hybridized carbons (Fsp3) is 0.261. The second-order valence-corrected chi connectivity index (χ2v) is 25.2. The number of carbonyl (C=O) groups excluding carboxylic acids is 6. The van der Waals surface area contributed by atoms with Crippen molar-refractivity contribution < 1.29 is 42.0 Å². The molecule has 0 saturated carbocycles. The van der Waals surface area contributed by atoms with E-state index in [1.54, 1.807) is 103 Å². The number of hydrogen-bond donors (Lipinski definition) is 6. The van der Waals surface area contributed by atoms with Crippen LogP contribution in [0.2, 0.25) is 0 Å². The van der Waals surface area contributed by atoms with Gasteiger partial charge in [-0.2, -0.15) is 0 Å².